The summed E-state index contributed by atoms with van der Waals surface area (Å²) in [6.07, 6.45) is 5.91. The third-order valence-electron chi connectivity index (χ3n) is 4.51. The number of rotatable bonds is 5. The first-order valence-electron chi connectivity index (χ1n) is 8.43. The zero-order valence-electron chi connectivity index (χ0n) is 14.1. The van der Waals surface area contributed by atoms with E-state index in [4.69, 9.17) is 4.74 Å². The maximum atomic E-state index is 12.4. The van der Waals surface area contributed by atoms with Crippen LogP contribution in [0.2, 0.25) is 0 Å². The third kappa shape index (κ3) is 3.22. The highest BCUT2D eigenvalue weighted by Crippen LogP contribution is 2.35. The Hall–Kier alpha value is -2.83. The molecule has 7 nitrogen and oxygen atoms in total. The molecule has 0 atom stereocenters. The monoisotopic (exact) mass is 340 g/mol. The third-order valence-corrected chi connectivity index (χ3v) is 4.51. The van der Waals surface area contributed by atoms with Crippen LogP contribution in [0.25, 0.3) is 0 Å². The van der Waals surface area contributed by atoms with Gasteiger partial charge in [-0.25, -0.2) is 4.98 Å². The molecule has 130 valence electrons. The van der Waals surface area contributed by atoms with E-state index in [1.165, 1.54) is 4.90 Å². The van der Waals surface area contributed by atoms with Crippen LogP contribution in [-0.4, -0.2) is 34.5 Å². The molecule has 0 bridgehead atoms. The molecule has 2 heterocycles. The second kappa shape index (κ2) is 6.23. The smallest absolute Gasteiger partial charge is 0.265 e. The van der Waals surface area contributed by atoms with Gasteiger partial charge in [0.15, 0.2) is 6.61 Å². The van der Waals surface area contributed by atoms with E-state index in [-0.39, 0.29) is 25.0 Å². The number of fused-ring (bicyclic) bond motifs is 1. The predicted octanol–water partition coefficient (Wildman–Crippen LogP) is 1.57. The van der Waals surface area contributed by atoms with Crippen LogP contribution in [0, 0.1) is 6.92 Å². The van der Waals surface area contributed by atoms with Gasteiger partial charge in [0, 0.05) is 12.2 Å². The first-order chi connectivity index (χ1) is 12.1. The van der Waals surface area contributed by atoms with Crippen LogP contribution in [0.4, 0.5) is 5.69 Å². The van der Waals surface area contributed by atoms with Crippen LogP contribution in [0.3, 0.4) is 0 Å². The Balaban J connectivity index is 1.43. The summed E-state index contributed by atoms with van der Waals surface area (Å²) in [5, 5.41) is 2.89. The fourth-order valence-electron chi connectivity index (χ4n) is 3.02. The van der Waals surface area contributed by atoms with Gasteiger partial charge in [-0.05, 0) is 37.5 Å². The molecular formula is C18H20N4O3. The first-order valence-corrected chi connectivity index (χ1v) is 8.43. The van der Waals surface area contributed by atoms with Gasteiger partial charge >= 0.3 is 0 Å². The average Bonchev–Trinajstić information content (AvgIpc) is 3.34. The van der Waals surface area contributed by atoms with E-state index in [0.29, 0.717) is 24.0 Å². The molecule has 1 N–H and O–H groups in total. The Labute approximate surface area is 145 Å². The number of imidazole rings is 1. The highest BCUT2D eigenvalue weighted by Gasteiger charge is 2.28. The molecule has 7 heteroatoms. The average molecular weight is 340 g/mol. The number of nitrogens with one attached hydrogen (secondary N) is 1. The van der Waals surface area contributed by atoms with Crippen LogP contribution >= 0.6 is 0 Å². The number of anilines is 1. The lowest BCUT2D eigenvalue weighted by atomic mass is 10.1. The Morgan fingerprint density at radius 1 is 1.40 bits per heavy atom. The van der Waals surface area contributed by atoms with Crippen molar-refractivity contribution in [2.75, 3.05) is 18.1 Å². The number of aryl methyl sites for hydroxylation is 1. The lowest BCUT2D eigenvalue weighted by Crippen LogP contribution is -2.45. The number of carbonyl (C=O) groups excluding carboxylic acids is 2. The Bertz CT molecular complexity index is 825. The van der Waals surface area contributed by atoms with Crippen LogP contribution in [-0.2, 0) is 16.1 Å². The number of carbonyl (C=O) groups is 2. The molecule has 0 saturated heterocycles. The van der Waals surface area contributed by atoms with Crippen molar-refractivity contribution in [3.63, 3.8) is 0 Å². The van der Waals surface area contributed by atoms with Crippen molar-refractivity contribution in [2.24, 2.45) is 0 Å². The van der Waals surface area contributed by atoms with Gasteiger partial charge in [-0.1, -0.05) is 6.07 Å². The number of hydrogen-bond donors (Lipinski definition) is 1. The van der Waals surface area contributed by atoms with Gasteiger partial charge in [0.1, 0.15) is 12.3 Å². The minimum Gasteiger partial charge on any atom is -0.482 e. The van der Waals surface area contributed by atoms with Gasteiger partial charge in [0.25, 0.3) is 5.91 Å². The van der Waals surface area contributed by atoms with Crippen molar-refractivity contribution in [3.8, 4) is 5.75 Å². The Kier molecular flexibility index (Phi) is 3.91. The Morgan fingerprint density at radius 3 is 3.04 bits per heavy atom. The summed E-state index contributed by atoms with van der Waals surface area (Å²) in [5.74, 6) is 0.215. The normalized spacial score (nSPS) is 16.4. The molecule has 4 rings (SSSR count). The molecule has 2 aliphatic rings. The fraction of sp³-hybridized carbons (Fsp3) is 0.389. The van der Waals surface area contributed by atoms with Crippen molar-refractivity contribution in [2.45, 2.75) is 32.4 Å². The second-order valence-electron chi connectivity index (χ2n) is 6.54. The number of ether oxygens (including phenoxy) is 1. The summed E-state index contributed by atoms with van der Waals surface area (Å²) >= 11 is 0. The topological polar surface area (TPSA) is 76.5 Å². The number of nitrogens with zero attached hydrogens (tertiary/aromatic N) is 3. The molecule has 0 unspecified atom stereocenters. The van der Waals surface area contributed by atoms with E-state index in [1.54, 1.807) is 6.20 Å². The molecule has 25 heavy (non-hydrogen) atoms. The number of aromatic nitrogens is 2. The van der Waals surface area contributed by atoms with E-state index < -0.39 is 0 Å². The molecule has 1 fully saturated rings. The van der Waals surface area contributed by atoms with Crippen LogP contribution in [0.1, 0.15) is 30.1 Å². The van der Waals surface area contributed by atoms with Crippen molar-refractivity contribution in [1.82, 2.24) is 14.9 Å². The van der Waals surface area contributed by atoms with E-state index in [2.05, 4.69) is 14.9 Å². The zero-order chi connectivity index (χ0) is 17.4. The molecule has 0 spiro atoms. The maximum Gasteiger partial charge on any atom is 0.265 e. The molecule has 2 amide bonds. The van der Waals surface area contributed by atoms with Crippen molar-refractivity contribution < 1.29 is 14.3 Å². The predicted molar refractivity (Wildman–Crippen MR) is 91.4 cm³/mol. The lowest BCUT2D eigenvalue weighted by Gasteiger charge is -2.29. The molecular weight excluding hydrogens is 320 g/mol. The van der Waals surface area contributed by atoms with E-state index in [9.17, 15) is 9.59 Å². The number of benzene rings is 1. The second-order valence-corrected chi connectivity index (χ2v) is 6.54. The molecule has 1 aliphatic heterocycles. The van der Waals surface area contributed by atoms with E-state index in [0.717, 1.165) is 24.1 Å². The highest BCUT2D eigenvalue weighted by molar-refractivity contribution is 6.02. The standard InChI is InChI=1S/C18H20N4O3/c1-12-2-5-16-15(6-12)21(18(24)10-25-16)9-17(23)20-8-14-7-19-11-22(14)13-3-4-13/h2,5-7,11,13H,3-4,8-10H2,1H3,(H,20,23). The zero-order valence-corrected chi connectivity index (χ0v) is 14.1. The van der Waals surface area contributed by atoms with Crippen LogP contribution in [0.15, 0.2) is 30.7 Å². The summed E-state index contributed by atoms with van der Waals surface area (Å²) in [6, 6.07) is 6.13. The minimum atomic E-state index is -0.212. The molecule has 0 radical (unpaired) electrons. The van der Waals surface area contributed by atoms with Crippen LogP contribution < -0.4 is 15.0 Å². The quantitative estimate of drug-likeness (QED) is 0.896. The lowest BCUT2D eigenvalue weighted by molar-refractivity contribution is -0.125. The van der Waals surface area contributed by atoms with Crippen molar-refractivity contribution in [1.29, 1.82) is 0 Å². The Morgan fingerprint density at radius 2 is 2.24 bits per heavy atom. The highest BCUT2D eigenvalue weighted by atomic mass is 16.5. The summed E-state index contributed by atoms with van der Waals surface area (Å²) in [5.41, 5.74) is 2.64. The summed E-state index contributed by atoms with van der Waals surface area (Å²) < 4.78 is 7.55. The van der Waals surface area contributed by atoms with Gasteiger partial charge in [-0.2, -0.15) is 0 Å². The molecule has 1 aliphatic carbocycles. The van der Waals surface area contributed by atoms with E-state index in [1.807, 2.05) is 31.5 Å². The van der Waals surface area contributed by atoms with Gasteiger partial charge in [-0.15, -0.1) is 0 Å². The summed E-state index contributed by atoms with van der Waals surface area (Å²) in [6.45, 7) is 2.29. The van der Waals surface area contributed by atoms with Gasteiger partial charge in [-0.3, -0.25) is 14.5 Å². The summed E-state index contributed by atoms with van der Waals surface area (Å²) in [7, 11) is 0. The van der Waals surface area contributed by atoms with Crippen LogP contribution in [0.5, 0.6) is 5.75 Å². The van der Waals surface area contributed by atoms with Gasteiger partial charge < -0.3 is 14.6 Å². The van der Waals surface area contributed by atoms with Crippen molar-refractivity contribution >= 4 is 17.5 Å². The molecule has 1 aromatic carbocycles. The van der Waals surface area contributed by atoms with Gasteiger partial charge in [0.2, 0.25) is 5.91 Å². The van der Waals surface area contributed by atoms with Gasteiger partial charge in [0.05, 0.1) is 24.3 Å². The molecule has 2 aromatic rings. The van der Waals surface area contributed by atoms with E-state index >= 15 is 0 Å². The molecule has 1 saturated carbocycles. The first kappa shape index (κ1) is 15.7. The fourth-order valence-corrected chi connectivity index (χ4v) is 3.02. The minimum absolute atomic E-state index is 0.0176. The van der Waals surface area contributed by atoms with Crippen molar-refractivity contribution in [3.05, 3.63) is 42.0 Å². The number of amides is 2. The largest absolute Gasteiger partial charge is 0.482 e. The molecule has 1 aromatic heterocycles. The maximum absolute atomic E-state index is 12.4. The number of hydrogen-bond acceptors (Lipinski definition) is 4. The summed E-state index contributed by atoms with van der Waals surface area (Å²) in [4.78, 5) is 30.2. The SMILES string of the molecule is Cc1ccc2c(c1)N(CC(=O)NCc1cncn1C1CC1)C(=O)CO2.